The van der Waals surface area contributed by atoms with Crippen LogP contribution in [-0.4, -0.2) is 46.4 Å². The van der Waals surface area contributed by atoms with E-state index in [9.17, 15) is 9.90 Å². The van der Waals surface area contributed by atoms with Crippen LogP contribution in [0.2, 0.25) is 0 Å². The van der Waals surface area contributed by atoms with Gasteiger partial charge < -0.3 is 14.9 Å². The van der Waals surface area contributed by atoms with Crippen molar-refractivity contribution in [3.05, 3.63) is 29.8 Å². The minimum atomic E-state index is -0.980. The third-order valence-corrected chi connectivity index (χ3v) is 3.98. The Hall–Kier alpha value is -1.59. The van der Waals surface area contributed by atoms with Crippen LogP contribution in [0.4, 0.5) is 0 Å². The first-order valence-electron chi connectivity index (χ1n) is 7.39. The Kier molecular flexibility index (Phi) is 5.20. The summed E-state index contributed by atoms with van der Waals surface area (Å²) in [5.74, 6) is -0.420. The largest absolute Gasteiger partial charge is 0.482 e. The normalized spacial score (nSPS) is 23.0. The Labute approximate surface area is 125 Å². The number of benzene rings is 1. The number of carbonyl (C=O) groups is 1. The summed E-state index contributed by atoms with van der Waals surface area (Å²) in [6.07, 6.45) is 2.68. The minimum Gasteiger partial charge on any atom is -0.482 e. The zero-order chi connectivity index (χ0) is 15.3. The number of hydrogen-bond acceptors (Lipinski definition) is 4. The van der Waals surface area contributed by atoms with Gasteiger partial charge in [0.1, 0.15) is 5.75 Å². The molecule has 1 aromatic rings. The van der Waals surface area contributed by atoms with E-state index in [1.807, 2.05) is 19.1 Å². The SMILES string of the molecule is CCC1(O)CCCN(Cc2ccc(OCC(=O)O)cc2)C1. The lowest BCUT2D eigenvalue weighted by atomic mass is 9.90. The number of aliphatic hydroxyl groups is 1. The van der Waals surface area contributed by atoms with Gasteiger partial charge in [-0.05, 0) is 43.5 Å². The first-order valence-corrected chi connectivity index (χ1v) is 7.39. The summed E-state index contributed by atoms with van der Waals surface area (Å²) in [7, 11) is 0. The van der Waals surface area contributed by atoms with E-state index in [2.05, 4.69) is 4.90 Å². The van der Waals surface area contributed by atoms with Gasteiger partial charge in [0.25, 0.3) is 0 Å². The maximum Gasteiger partial charge on any atom is 0.341 e. The summed E-state index contributed by atoms with van der Waals surface area (Å²) in [4.78, 5) is 12.7. The summed E-state index contributed by atoms with van der Waals surface area (Å²) in [6.45, 7) is 4.20. The molecular weight excluding hydrogens is 270 g/mol. The molecule has 1 aromatic carbocycles. The maximum absolute atomic E-state index is 10.4. The molecule has 1 saturated heterocycles. The first-order chi connectivity index (χ1) is 10.0. The highest BCUT2D eigenvalue weighted by Crippen LogP contribution is 2.25. The van der Waals surface area contributed by atoms with Gasteiger partial charge in [-0.1, -0.05) is 19.1 Å². The number of carboxylic acids is 1. The van der Waals surface area contributed by atoms with Gasteiger partial charge in [0.15, 0.2) is 6.61 Å². The zero-order valence-electron chi connectivity index (χ0n) is 12.4. The molecule has 0 spiro atoms. The van der Waals surface area contributed by atoms with Gasteiger partial charge in [0.2, 0.25) is 0 Å². The fourth-order valence-electron chi connectivity index (χ4n) is 2.72. The molecule has 1 fully saturated rings. The van der Waals surface area contributed by atoms with Crippen LogP contribution in [0.1, 0.15) is 31.7 Å². The third-order valence-electron chi connectivity index (χ3n) is 3.98. The summed E-state index contributed by atoms with van der Waals surface area (Å²) in [5, 5.41) is 18.9. The monoisotopic (exact) mass is 293 g/mol. The second kappa shape index (κ2) is 6.91. The van der Waals surface area contributed by atoms with Crippen LogP contribution in [0.25, 0.3) is 0 Å². The smallest absolute Gasteiger partial charge is 0.341 e. The standard InChI is InChI=1S/C16H23NO4/c1-2-16(20)8-3-9-17(12-16)10-13-4-6-14(7-5-13)21-11-15(18)19/h4-7,20H,2-3,8-12H2,1H3,(H,18,19). The van der Waals surface area contributed by atoms with Crippen molar-refractivity contribution >= 4 is 5.97 Å². The van der Waals surface area contributed by atoms with E-state index in [4.69, 9.17) is 9.84 Å². The van der Waals surface area contributed by atoms with Crippen LogP contribution in [-0.2, 0) is 11.3 Å². The molecule has 1 aliphatic heterocycles. The molecule has 0 amide bonds. The molecule has 0 radical (unpaired) electrons. The Balaban J connectivity index is 1.89. The fourth-order valence-corrected chi connectivity index (χ4v) is 2.72. The van der Waals surface area contributed by atoms with Gasteiger partial charge >= 0.3 is 5.97 Å². The summed E-state index contributed by atoms with van der Waals surface area (Å²) < 4.78 is 5.11. The van der Waals surface area contributed by atoms with Gasteiger partial charge in [-0.25, -0.2) is 4.79 Å². The average Bonchev–Trinajstić information content (AvgIpc) is 2.47. The lowest BCUT2D eigenvalue weighted by Crippen LogP contribution is -2.47. The first kappa shape index (κ1) is 15.8. The van der Waals surface area contributed by atoms with Crippen molar-refractivity contribution in [2.45, 2.75) is 38.3 Å². The minimum absolute atomic E-state index is 0.324. The number of β-amino-alcohol motifs (C(OH)–C–C–N with tert-alkyl or cyclic N) is 1. The van der Waals surface area contributed by atoms with Crippen LogP contribution < -0.4 is 4.74 Å². The highest BCUT2D eigenvalue weighted by Gasteiger charge is 2.31. The molecule has 0 saturated carbocycles. The Morgan fingerprint density at radius 1 is 1.38 bits per heavy atom. The predicted molar refractivity (Wildman–Crippen MR) is 79.3 cm³/mol. The van der Waals surface area contributed by atoms with Gasteiger partial charge in [0.05, 0.1) is 5.60 Å². The van der Waals surface area contributed by atoms with Crippen molar-refractivity contribution in [2.24, 2.45) is 0 Å². The van der Waals surface area contributed by atoms with Crippen molar-refractivity contribution in [1.29, 1.82) is 0 Å². The molecule has 0 bridgehead atoms. The number of carboxylic acid groups (broad SMARTS) is 1. The summed E-state index contributed by atoms with van der Waals surface area (Å²) in [6, 6.07) is 7.45. The number of piperidine rings is 1. The lowest BCUT2D eigenvalue weighted by Gasteiger charge is -2.38. The van der Waals surface area contributed by atoms with Gasteiger partial charge in [-0.15, -0.1) is 0 Å². The van der Waals surface area contributed by atoms with Gasteiger partial charge in [0, 0.05) is 13.1 Å². The van der Waals surface area contributed by atoms with E-state index >= 15 is 0 Å². The number of nitrogens with zero attached hydrogens (tertiary/aromatic N) is 1. The fraction of sp³-hybridized carbons (Fsp3) is 0.562. The molecule has 0 aliphatic carbocycles. The highest BCUT2D eigenvalue weighted by atomic mass is 16.5. The van der Waals surface area contributed by atoms with Gasteiger partial charge in [-0.3, -0.25) is 4.90 Å². The second-order valence-corrected chi connectivity index (χ2v) is 5.72. The maximum atomic E-state index is 10.4. The van der Waals surface area contributed by atoms with Crippen LogP contribution >= 0.6 is 0 Å². The van der Waals surface area contributed by atoms with E-state index in [1.165, 1.54) is 0 Å². The molecular formula is C16H23NO4. The molecule has 0 aromatic heterocycles. The van der Waals surface area contributed by atoms with E-state index < -0.39 is 11.6 Å². The van der Waals surface area contributed by atoms with E-state index in [0.717, 1.165) is 37.9 Å². The van der Waals surface area contributed by atoms with Crippen LogP contribution in [0.3, 0.4) is 0 Å². The number of ether oxygens (including phenoxy) is 1. The zero-order valence-corrected chi connectivity index (χ0v) is 12.4. The lowest BCUT2D eigenvalue weighted by molar-refractivity contribution is -0.139. The number of likely N-dealkylation sites (tertiary alicyclic amines) is 1. The predicted octanol–water partition coefficient (Wildman–Crippen LogP) is 1.89. The van der Waals surface area contributed by atoms with Crippen LogP contribution in [0.15, 0.2) is 24.3 Å². The van der Waals surface area contributed by atoms with Crippen molar-refractivity contribution in [2.75, 3.05) is 19.7 Å². The van der Waals surface area contributed by atoms with Crippen LogP contribution in [0.5, 0.6) is 5.75 Å². The van der Waals surface area contributed by atoms with Gasteiger partial charge in [-0.2, -0.15) is 0 Å². The number of aliphatic carboxylic acids is 1. The molecule has 5 nitrogen and oxygen atoms in total. The van der Waals surface area contributed by atoms with Crippen molar-refractivity contribution in [3.63, 3.8) is 0 Å². The Bertz CT molecular complexity index is 474. The van der Waals surface area contributed by atoms with Crippen molar-refractivity contribution in [1.82, 2.24) is 4.90 Å². The molecule has 1 atom stereocenters. The molecule has 1 heterocycles. The molecule has 5 heteroatoms. The molecule has 1 unspecified atom stereocenters. The van der Waals surface area contributed by atoms with E-state index in [1.54, 1.807) is 12.1 Å². The van der Waals surface area contributed by atoms with E-state index in [-0.39, 0.29) is 6.61 Å². The third kappa shape index (κ3) is 4.72. The Morgan fingerprint density at radius 2 is 2.10 bits per heavy atom. The highest BCUT2D eigenvalue weighted by molar-refractivity contribution is 5.68. The molecule has 2 rings (SSSR count). The van der Waals surface area contributed by atoms with Crippen molar-refractivity contribution in [3.8, 4) is 5.75 Å². The Morgan fingerprint density at radius 3 is 2.71 bits per heavy atom. The second-order valence-electron chi connectivity index (χ2n) is 5.72. The van der Waals surface area contributed by atoms with Crippen LogP contribution in [0, 0.1) is 0 Å². The summed E-state index contributed by atoms with van der Waals surface area (Å²) in [5.41, 5.74) is 0.584. The van der Waals surface area contributed by atoms with Crippen molar-refractivity contribution < 1.29 is 19.7 Å². The molecule has 116 valence electrons. The molecule has 2 N–H and O–H groups in total. The quantitative estimate of drug-likeness (QED) is 0.838. The number of hydrogen-bond donors (Lipinski definition) is 2. The summed E-state index contributed by atoms with van der Waals surface area (Å²) >= 11 is 0. The van der Waals surface area contributed by atoms with E-state index in [0.29, 0.717) is 12.3 Å². The molecule has 21 heavy (non-hydrogen) atoms. The topological polar surface area (TPSA) is 70.0 Å². The molecule has 1 aliphatic rings. The number of rotatable bonds is 6. The average molecular weight is 293 g/mol.